The molecule has 1 N–H and O–H groups in total. The van der Waals surface area contributed by atoms with Crippen LogP contribution in [0.15, 0.2) is 29.1 Å². The summed E-state index contributed by atoms with van der Waals surface area (Å²) in [6.07, 6.45) is 6.49. The van der Waals surface area contributed by atoms with Gasteiger partial charge in [-0.2, -0.15) is 0 Å². The van der Waals surface area contributed by atoms with Gasteiger partial charge in [0, 0.05) is 29.6 Å². The Morgan fingerprint density at radius 2 is 1.97 bits per heavy atom. The highest BCUT2D eigenvalue weighted by atomic mass is 16.5. The summed E-state index contributed by atoms with van der Waals surface area (Å²) in [5.74, 6) is 1.19. The number of likely N-dealkylation sites (tertiary alicyclic amines) is 1. The lowest BCUT2D eigenvalue weighted by Gasteiger charge is -2.56. The standard InChI is InChI=1S/C26H30N2O4/c1-31-19-6-5-17-11-25-12-18-9-20(24(30)32-2)23(29)27-22(18)13-26(25,21(17)10-19)7-8-28(15-25)14-16-3-4-16/h5-6,9-10,16H,3-4,7-8,11-15H2,1-2H3,(H,27,29)/t25-,26-/m0/s1. The molecule has 0 radical (unpaired) electrons. The second kappa shape index (κ2) is 6.95. The van der Waals surface area contributed by atoms with Crippen molar-refractivity contribution >= 4 is 5.97 Å². The van der Waals surface area contributed by atoms with Crippen molar-refractivity contribution in [2.75, 3.05) is 33.9 Å². The molecule has 0 unspecified atom stereocenters. The van der Waals surface area contributed by atoms with Crippen LogP contribution in [-0.4, -0.2) is 49.7 Å². The minimum absolute atomic E-state index is 0.0142. The Kier molecular flexibility index (Phi) is 4.35. The lowest BCUT2D eigenvalue weighted by Crippen LogP contribution is -2.60. The summed E-state index contributed by atoms with van der Waals surface area (Å²) in [7, 11) is 3.05. The van der Waals surface area contributed by atoms with E-state index in [1.807, 2.05) is 0 Å². The Morgan fingerprint density at radius 1 is 1.16 bits per heavy atom. The summed E-state index contributed by atoms with van der Waals surface area (Å²) in [5, 5.41) is 0. The first-order valence-corrected chi connectivity index (χ1v) is 11.7. The van der Waals surface area contributed by atoms with Gasteiger partial charge in [0.2, 0.25) is 0 Å². The van der Waals surface area contributed by atoms with Crippen LogP contribution in [0.1, 0.15) is 52.0 Å². The predicted octanol–water partition coefficient (Wildman–Crippen LogP) is 2.86. The number of fused-ring (bicyclic) bond motifs is 2. The average molecular weight is 435 g/mol. The first-order valence-electron chi connectivity index (χ1n) is 11.7. The highest BCUT2D eigenvalue weighted by molar-refractivity contribution is 5.89. The Balaban J connectivity index is 1.48. The molecule has 32 heavy (non-hydrogen) atoms. The van der Waals surface area contributed by atoms with Crippen molar-refractivity contribution in [1.29, 1.82) is 0 Å². The van der Waals surface area contributed by atoms with Crippen LogP contribution in [-0.2, 0) is 29.4 Å². The number of esters is 1. The van der Waals surface area contributed by atoms with Gasteiger partial charge in [-0.15, -0.1) is 0 Å². The summed E-state index contributed by atoms with van der Waals surface area (Å²) < 4.78 is 10.5. The summed E-state index contributed by atoms with van der Waals surface area (Å²) in [6, 6.07) is 8.34. The summed E-state index contributed by atoms with van der Waals surface area (Å²) in [6.45, 7) is 3.35. The minimum Gasteiger partial charge on any atom is -0.497 e. The van der Waals surface area contributed by atoms with Gasteiger partial charge in [0.1, 0.15) is 11.3 Å². The van der Waals surface area contributed by atoms with Gasteiger partial charge < -0.3 is 19.4 Å². The average Bonchev–Trinajstić information content (AvgIpc) is 3.56. The van der Waals surface area contributed by atoms with E-state index in [2.05, 4.69) is 28.1 Å². The monoisotopic (exact) mass is 434 g/mol. The molecule has 6 nitrogen and oxygen atoms in total. The number of hydrogen-bond donors (Lipinski definition) is 1. The molecule has 0 bridgehead atoms. The van der Waals surface area contributed by atoms with Crippen molar-refractivity contribution in [1.82, 2.24) is 9.88 Å². The number of carbonyl (C=O) groups excluding carboxylic acids is 1. The summed E-state index contributed by atoms with van der Waals surface area (Å²) in [5.41, 5.74) is 4.67. The third-order valence-electron chi connectivity index (χ3n) is 8.60. The molecule has 3 aliphatic carbocycles. The molecular weight excluding hydrogens is 404 g/mol. The van der Waals surface area contributed by atoms with Crippen molar-refractivity contribution in [3.05, 3.63) is 62.6 Å². The highest BCUT2D eigenvalue weighted by Gasteiger charge is 2.61. The molecule has 168 valence electrons. The normalized spacial score (nSPS) is 28.3. The van der Waals surface area contributed by atoms with Crippen molar-refractivity contribution in [3.63, 3.8) is 0 Å². The first-order chi connectivity index (χ1) is 15.5. The van der Waals surface area contributed by atoms with Gasteiger partial charge >= 0.3 is 5.97 Å². The number of ether oxygens (including phenoxy) is 2. The lowest BCUT2D eigenvalue weighted by molar-refractivity contribution is 0.00110. The minimum atomic E-state index is -0.568. The molecule has 6 rings (SSSR count). The third-order valence-corrected chi connectivity index (χ3v) is 8.60. The van der Waals surface area contributed by atoms with Gasteiger partial charge in [0.05, 0.1) is 14.2 Å². The zero-order valence-electron chi connectivity index (χ0n) is 18.8. The molecule has 6 heteroatoms. The number of H-pyrrole nitrogens is 1. The van der Waals surface area contributed by atoms with Crippen LogP contribution in [0.3, 0.4) is 0 Å². The highest BCUT2D eigenvalue weighted by Crippen LogP contribution is 2.62. The lowest BCUT2D eigenvalue weighted by atomic mass is 9.52. The molecule has 4 aliphatic rings. The van der Waals surface area contributed by atoms with Gasteiger partial charge in [0.25, 0.3) is 5.56 Å². The molecule has 1 saturated carbocycles. The fraction of sp³-hybridized carbons (Fsp3) is 0.538. The number of rotatable bonds is 4. The number of pyridine rings is 1. The molecule has 2 aromatic rings. The van der Waals surface area contributed by atoms with Gasteiger partial charge in [-0.25, -0.2) is 4.79 Å². The van der Waals surface area contributed by atoms with E-state index in [1.54, 1.807) is 13.2 Å². The number of nitrogens with one attached hydrogen (secondary N) is 1. The maximum Gasteiger partial charge on any atom is 0.343 e. The molecule has 0 amide bonds. The van der Waals surface area contributed by atoms with Crippen LogP contribution in [0.2, 0.25) is 0 Å². The smallest absolute Gasteiger partial charge is 0.343 e. The number of aromatic amines is 1. The second-order valence-corrected chi connectivity index (χ2v) is 10.4. The number of piperidine rings is 1. The van der Waals surface area contributed by atoms with E-state index in [0.717, 1.165) is 61.7 Å². The van der Waals surface area contributed by atoms with Crippen LogP contribution >= 0.6 is 0 Å². The molecule has 2 atom stereocenters. The Morgan fingerprint density at radius 3 is 2.72 bits per heavy atom. The van der Waals surface area contributed by atoms with Crippen molar-refractivity contribution in [3.8, 4) is 5.75 Å². The van der Waals surface area contributed by atoms with E-state index in [9.17, 15) is 9.59 Å². The Labute approximate surface area is 187 Å². The maximum absolute atomic E-state index is 12.7. The number of nitrogens with zero attached hydrogens (tertiary/aromatic N) is 1. The van der Waals surface area contributed by atoms with E-state index in [4.69, 9.17) is 9.47 Å². The molecule has 1 aromatic carbocycles. The summed E-state index contributed by atoms with van der Waals surface area (Å²) in [4.78, 5) is 30.6. The fourth-order valence-electron chi connectivity index (χ4n) is 6.90. The van der Waals surface area contributed by atoms with E-state index in [0.29, 0.717) is 0 Å². The number of carbonyl (C=O) groups is 1. The van der Waals surface area contributed by atoms with Gasteiger partial charge in [-0.1, -0.05) is 6.07 Å². The Bertz CT molecular complexity index is 1170. The predicted molar refractivity (Wildman–Crippen MR) is 120 cm³/mol. The fourth-order valence-corrected chi connectivity index (χ4v) is 6.90. The molecule has 1 aliphatic heterocycles. The van der Waals surface area contributed by atoms with E-state index < -0.39 is 5.97 Å². The van der Waals surface area contributed by atoms with Crippen LogP contribution in [0.5, 0.6) is 5.75 Å². The van der Waals surface area contributed by atoms with E-state index >= 15 is 0 Å². The second-order valence-electron chi connectivity index (χ2n) is 10.4. The topological polar surface area (TPSA) is 71.6 Å². The molecular formula is C26H30N2O4. The first kappa shape index (κ1) is 20.0. The van der Waals surface area contributed by atoms with Crippen molar-refractivity contribution in [2.45, 2.75) is 43.9 Å². The quantitative estimate of drug-likeness (QED) is 0.750. The van der Waals surface area contributed by atoms with Crippen LogP contribution in [0.4, 0.5) is 0 Å². The van der Waals surface area contributed by atoms with E-state index in [-0.39, 0.29) is 22.0 Å². The van der Waals surface area contributed by atoms with Crippen molar-refractivity contribution in [2.24, 2.45) is 11.3 Å². The number of methoxy groups -OCH3 is 2. The van der Waals surface area contributed by atoms with Crippen LogP contribution in [0, 0.1) is 11.3 Å². The SMILES string of the molecule is COC(=O)c1cc2c([nH]c1=O)C[C@]13CCN(CC4CC4)C[C@]1(Cc1ccc(OC)cc13)C2. The van der Waals surface area contributed by atoms with Crippen LogP contribution < -0.4 is 10.3 Å². The molecule has 1 aromatic heterocycles. The van der Waals surface area contributed by atoms with Crippen molar-refractivity contribution < 1.29 is 14.3 Å². The molecule has 1 saturated heterocycles. The molecule has 2 fully saturated rings. The van der Waals surface area contributed by atoms with E-state index in [1.165, 1.54) is 37.6 Å². The zero-order chi connectivity index (χ0) is 22.1. The van der Waals surface area contributed by atoms with Gasteiger partial charge in [0.15, 0.2) is 0 Å². The Hall–Kier alpha value is -2.60. The number of aromatic nitrogens is 1. The largest absolute Gasteiger partial charge is 0.497 e. The summed E-state index contributed by atoms with van der Waals surface area (Å²) >= 11 is 0. The molecule has 0 spiro atoms. The van der Waals surface area contributed by atoms with Gasteiger partial charge in [-0.3, -0.25) is 4.79 Å². The number of benzene rings is 1. The number of hydrogen-bond acceptors (Lipinski definition) is 5. The van der Waals surface area contributed by atoms with Gasteiger partial charge in [-0.05, 0) is 85.9 Å². The maximum atomic E-state index is 12.7. The molecule has 2 heterocycles. The third kappa shape index (κ3) is 2.81. The van der Waals surface area contributed by atoms with Crippen LogP contribution in [0.25, 0.3) is 0 Å². The zero-order valence-corrected chi connectivity index (χ0v) is 18.8.